The second-order valence-electron chi connectivity index (χ2n) is 5.14. The van der Waals surface area contributed by atoms with Gasteiger partial charge in [-0.05, 0) is 25.3 Å². The molecule has 6 atom stereocenters. The fourth-order valence-electron chi connectivity index (χ4n) is 2.75. The lowest BCUT2D eigenvalue weighted by Gasteiger charge is -2.30. The number of alkyl halides is 2. The minimum atomic E-state index is 0.133. The zero-order chi connectivity index (χ0) is 13.8. The Morgan fingerprint density at radius 3 is 2.84 bits per heavy atom. The highest BCUT2D eigenvalue weighted by Gasteiger charge is 2.44. The summed E-state index contributed by atoms with van der Waals surface area (Å²) in [5.41, 5.74) is 0. The second-order valence-corrected chi connectivity index (χ2v) is 7.49. The Morgan fingerprint density at radius 1 is 1.37 bits per heavy atom. The van der Waals surface area contributed by atoms with Crippen LogP contribution in [0.4, 0.5) is 0 Å². The van der Waals surface area contributed by atoms with Crippen molar-refractivity contribution in [3.05, 3.63) is 12.2 Å². The molecule has 2 heterocycles. The number of rotatable bonds is 4. The summed E-state index contributed by atoms with van der Waals surface area (Å²) in [4.78, 5) is 0.782. The Morgan fingerprint density at radius 2 is 2.16 bits per heavy atom. The molecule has 0 aliphatic carbocycles. The van der Waals surface area contributed by atoms with Gasteiger partial charge in [0.15, 0.2) is 0 Å². The number of hydrogen-bond acceptors (Lipinski definition) is 2. The Bertz CT molecular complexity index is 364. The van der Waals surface area contributed by atoms with Crippen molar-refractivity contribution in [3.63, 3.8) is 0 Å². The van der Waals surface area contributed by atoms with Crippen molar-refractivity contribution in [2.24, 2.45) is 0 Å². The van der Waals surface area contributed by atoms with E-state index in [2.05, 4.69) is 44.7 Å². The molecule has 2 aliphatic heterocycles. The van der Waals surface area contributed by atoms with Gasteiger partial charge in [0, 0.05) is 16.1 Å². The fraction of sp³-hybridized carbons (Fsp3) is 0.733. The number of halogens is 2. The van der Waals surface area contributed by atoms with E-state index in [0.717, 1.165) is 25.7 Å². The van der Waals surface area contributed by atoms with Crippen LogP contribution in [0, 0.1) is 12.3 Å². The van der Waals surface area contributed by atoms with Gasteiger partial charge in [0.1, 0.15) is 0 Å². The third-order valence-corrected chi connectivity index (χ3v) is 6.02. The van der Waals surface area contributed by atoms with E-state index >= 15 is 0 Å². The molecule has 4 heteroatoms. The first-order valence-electron chi connectivity index (χ1n) is 6.85. The van der Waals surface area contributed by atoms with E-state index in [1.807, 2.05) is 6.08 Å². The van der Waals surface area contributed by atoms with Crippen LogP contribution in [0.25, 0.3) is 0 Å². The van der Waals surface area contributed by atoms with Crippen molar-refractivity contribution in [1.82, 2.24) is 0 Å². The van der Waals surface area contributed by atoms with Crippen molar-refractivity contribution in [2.45, 2.75) is 66.7 Å². The molecule has 2 bridgehead atoms. The van der Waals surface area contributed by atoms with Gasteiger partial charge in [0.25, 0.3) is 0 Å². The highest BCUT2D eigenvalue weighted by atomic mass is 79.9. The van der Waals surface area contributed by atoms with Gasteiger partial charge in [-0.2, -0.15) is 0 Å². The molecule has 0 radical (unpaired) electrons. The molecule has 0 N–H and O–H groups in total. The predicted molar refractivity (Wildman–Crippen MR) is 84.9 cm³/mol. The summed E-state index contributed by atoms with van der Waals surface area (Å²) in [6.45, 7) is 2.18. The number of allylic oxidation sites excluding steroid dienone is 1. The van der Waals surface area contributed by atoms with Gasteiger partial charge < -0.3 is 9.47 Å². The lowest BCUT2D eigenvalue weighted by molar-refractivity contribution is -0.0732. The first kappa shape index (κ1) is 15.6. The lowest BCUT2D eigenvalue weighted by Crippen LogP contribution is -2.36. The van der Waals surface area contributed by atoms with Gasteiger partial charge in [-0.3, -0.25) is 0 Å². The van der Waals surface area contributed by atoms with Gasteiger partial charge in [0.2, 0.25) is 0 Å². The zero-order valence-corrected chi connectivity index (χ0v) is 14.3. The van der Waals surface area contributed by atoms with Crippen LogP contribution in [-0.4, -0.2) is 34.1 Å². The van der Waals surface area contributed by atoms with Crippen LogP contribution in [0.1, 0.15) is 32.6 Å². The molecule has 0 amide bonds. The summed E-state index contributed by atoms with van der Waals surface area (Å²) in [5, 5.41) is 0. The molecule has 2 saturated heterocycles. The molecule has 0 saturated carbocycles. The van der Waals surface area contributed by atoms with Gasteiger partial charge in [-0.1, -0.05) is 50.8 Å². The first-order chi connectivity index (χ1) is 9.15. The Kier molecular flexibility index (Phi) is 5.95. The van der Waals surface area contributed by atoms with Gasteiger partial charge in [0.05, 0.1) is 24.4 Å². The monoisotopic (exact) mass is 390 g/mol. The summed E-state index contributed by atoms with van der Waals surface area (Å²) >= 11 is 7.49. The number of fused-ring (bicyclic) bond motifs is 2. The van der Waals surface area contributed by atoms with Crippen LogP contribution in [0.2, 0.25) is 0 Å². The summed E-state index contributed by atoms with van der Waals surface area (Å²) in [5.74, 6) is 2.51. The highest BCUT2D eigenvalue weighted by Crippen LogP contribution is 2.38. The molecule has 106 valence electrons. The molecule has 2 rings (SSSR count). The normalized spacial score (nSPS) is 40.0. The summed E-state index contributed by atoms with van der Waals surface area (Å²) < 4.78 is 12.4. The third-order valence-electron chi connectivity index (χ3n) is 3.82. The summed E-state index contributed by atoms with van der Waals surface area (Å²) in [6.07, 6.45) is 13.7. The summed E-state index contributed by atoms with van der Waals surface area (Å²) in [6, 6.07) is 0. The van der Waals surface area contributed by atoms with Gasteiger partial charge in [-0.15, -0.1) is 6.42 Å². The van der Waals surface area contributed by atoms with Crippen molar-refractivity contribution in [1.29, 1.82) is 0 Å². The minimum Gasteiger partial charge on any atom is -0.371 e. The van der Waals surface area contributed by atoms with Gasteiger partial charge in [-0.25, -0.2) is 0 Å². The minimum absolute atomic E-state index is 0.133. The van der Waals surface area contributed by atoms with Crippen LogP contribution in [0.5, 0.6) is 0 Å². The molecule has 0 spiro atoms. The Balaban J connectivity index is 2.02. The van der Waals surface area contributed by atoms with E-state index in [4.69, 9.17) is 15.9 Å². The maximum atomic E-state index is 6.28. The maximum Gasteiger partial charge on any atom is 0.0876 e. The summed E-state index contributed by atoms with van der Waals surface area (Å²) in [7, 11) is 0. The lowest BCUT2D eigenvalue weighted by atomic mass is 10.1. The van der Waals surface area contributed by atoms with Crippen molar-refractivity contribution >= 4 is 31.9 Å². The first-order valence-corrected chi connectivity index (χ1v) is 8.69. The quantitative estimate of drug-likeness (QED) is 0.535. The maximum absolute atomic E-state index is 6.28. The van der Waals surface area contributed by atoms with Crippen LogP contribution >= 0.6 is 31.9 Å². The van der Waals surface area contributed by atoms with E-state index in [-0.39, 0.29) is 24.4 Å². The number of terminal acetylenes is 1. The average molecular weight is 392 g/mol. The molecule has 0 aromatic rings. The molecule has 19 heavy (non-hydrogen) atoms. The van der Waals surface area contributed by atoms with Gasteiger partial charge >= 0.3 is 0 Å². The van der Waals surface area contributed by atoms with Crippen LogP contribution in [0.15, 0.2) is 12.2 Å². The van der Waals surface area contributed by atoms with Crippen molar-refractivity contribution in [3.8, 4) is 12.3 Å². The standard InChI is InChI=1S/C15H20Br2O2/c1-3-5-6-7-12-15-9-14(18-12)11(17)8-13(19-15)10(16)4-2/h1,5-6,10-15H,4,7-9H2,2H3/b6-5+/t10?,11-,12?,13-,14-,15-/m1/s1. The van der Waals surface area contributed by atoms with Crippen molar-refractivity contribution in [2.75, 3.05) is 0 Å². The van der Waals surface area contributed by atoms with Crippen LogP contribution < -0.4 is 0 Å². The van der Waals surface area contributed by atoms with Crippen LogP contribution in [-0.2, 0) is 9.47 Å². The smallest absolute Gasteiger partial charge is 0.0876 e. The zero-order valence-electron chi connectivity index (χ0n) is 11.1. The van der Waals surface area contributed by atoms with E-state index in [9.17, 15) is 0 Å². The topological polar surface area (TPSA) is 18.5 Å². The fourth-order valence-corrected chi connectivity index (χ4v) is 3.80. The molecule has 2 unspecified atom stereocenters. The molecule has 0 aromatic carbocycles. The molecule has 2 fully saturated rings. The number of hydrogen-bond donors (Lipinski definition) is 0. The SMILES string of the molecule is C#C/C=C/CC1O[C@@H]2C[C@H]1O[C@@H](C(Br)CC)C[C@H]2Br. The molecule has 2 aliphatic rings. The molecule has 0 aromatic heterocycles. The van der Waals surface area contributed by atoms with Crippen LogP contribution in [0.3, 0.4) is 0 Å². The Labute approximate surface area is 132 Å². The van der Waals surface area contributed by atoms with E-state index in [1.165, 1.54) is 0 Å². The van der Waals surface area contributed by atoms with E-state index in [0.29, 0.717) is 9.65 Å². The largest absolute Gasteiger partial charge is 0.371 e. The number of ether oxygens (including phenoxy) is 2. The van der Waals surface area contributed by atoms with E-state index in [1.54, 1.807) is 6.08 Å². The highest BCUT2D eigenvalue weighted by molar-refractivity contribution is 9.09. The van der Waals surface area contributed by atoms with Crippen molar-refractivity contribution < 1.29 is 9.47 Å². The third kappa shape index (κ3) is 3.85. The predicted octanol–water partition coefficient (Wildman–Crippen LogP) is 3.82. The van der Waals surface area contributed by atoms with E-state index < -0.39 is 0 Å². The Hall–Kier alpha value is 0.180. The molecular weight excluding hydrogens is 372 g/mol. The second kappa shape index (κ2) is 7.26. The average Bonchev–Trinajstić information content (AvgIpc) is 2.72. The molecule has 2 nitrogen and oxygen atoms in total. The molecular formula is C15H20Br2O2.